The molecule has 0 amide bonds. The predicted octanol–water partition coefficient (Wildman–Crippen LogP) is 5.27. The van der Waals surface area contributed by atoms with E-state index >= 15 is 0 Å². The molecule has 2 aliphatic rings. The van der Waals surface area contributed by atoms with Crippen LogP contribution in [0.5, 0.6) is 11.6 Å². The van der Waals surface area contributed by atoms with Crippen LogP contribution in [0.3, 0.4) is 0 Å². The topological polar surface area (TPSA) is 103 Å². The molecule has 1 saturated carbocycles. The number of nitrogens with zero attached hydrogens (tertiary/aromatic N) is 1. The van der Waals surface area contributed by atoms with Gasteiger partial charge in [-0.3, -0.25) is 4.79 Å². The lowest BCUT2D eigenvalue weighted by atomic mass is 10.0. The average molecular weight is 580 g/mol. The number of aliphatic carboxylic acids is 1. The van der Waals surface area contributed by atoms with E-state index in [1.807, 2.05) is 12.1 Å². The van der Waals surface area contributed by atoms with Gasteiger partial charge in [-0.05, 0) is 65.8 Å². The molecule has 0 radical (unpaired) electrons. The van der Waals surface area contributed by atoms with Crippen molar-refractivity contribution in [1.29, 1.82) is 0 Å². The Bertz CT molecular complexity index is 1570. The number of carboxylic acid groups (broad SMARTS) is 1. The second kappa shape index (κ2) is 10.4. The lowest BCUT2D eigenvalue weighted by molar-refractivity contribution is -0.140. The number of ether oxygens (including phenoxy) is 2. The molecule has 12 heteroatoms. The van der Waals surface area contributed by atoms with E-state index in [2.05, 4.69) is 4.98 Å². The molecule has 0 bridgehead atoms. The number of alkyl halides is 3. The van der Waals surface area contributed by atoms with E-state index in [1.54, 1.807) is 6.07 Å². The summed E-state index contributed by atoms with van der Waals surface area (Å²) in [5.41, 5.74) is 1.36. The van der Waals surface area contributed by atoms with E-state index in [9.17, 15) is 35.9 Å². The monoisotopic (exact) mass is 579 g/mol. The number of pyridine rings is 1. The zero-order valence-electron chi connectivity index (χ0n) is 21.2. The number of carbonyl (C=O) groups is 1. The summed E-state index contributed by atoms with van der Waals surface area (Å²) in [5.74, 6) is -2.03. The molecule has 7 nitrogen and oxygen atoms in total. The number of carboxylic acids is 1. The maximum Gasteiger partial charge on any atom is 0.421 e. The lowest BCUT2D eigenvalue weighted by Gasteiger charge is -2.15. The number of halogens is 4. The fraction of sp³-hybridized carbons (Fsp3) is 0.357. The normalized spacial score (nSPS) is 19.6. The molecule has 3 aromatic rings. The summed E-state index contributed by atoms with van der Waals surface area (Å²) in [6.45, 7) is -0.436. The molecule has 1 N–H and O–H groups in total. The first-order valence-electron chi connectivity index (χ1n) is 12.5. The van der Waals surface area contributed by atoms with Gasteiger partial charge in [-0.2, -0.15) is 13.2 Å². The van der Waals surface area contributed by atoms with Crippen molar-refractivity contribution < 1.29 is 45.4 Å². The highest BCUT2D eigenvalue weighted by atomic mass is 32.2. The summed E-state index contributed by atoms with van der Waals surface area (Å²) < 4.78 is 89.2. The largest absolute Gasteiger partial charge is 0.489 e. The van der Waals surface area contributed by atoms with Crippen LogP contribution in [0, 0.1) is 17.7 Å². The van der Waals surface area contributed by atoms with Crippen molar-refractivity contribution in [2.45, 2.75) is 31.5 Å². The van der Waals surface area contributed by atoms with Gasteiger partial charge in [0.05, 0.1) is 18.3 Å². The number of hydrogen-bond donors (Lipinski definition) is 1. The van der Waals surface area contributed by atoms with Gasteiger partial charge >= 0.3 is 12.1 Å². The van der Waals surface area contributed by atoms with E-state index < -0.39 is 39.2 Å². The SMILES string of the molecule is CS(=O)(=O)CCCOc1ncc(-c2ccc(F)c(COc3ccc4c(c3)C[C@H]3C(C(=O)O)[C@@H]43)c2)cc1C(F)(F)F. The Morgan fingerprint density at radius 3 is 2.58 bits per heavy atom. The number of benzene rings is 2. The van der Waals surface area contributed by atoms with Crippen LogP contribution in [0.4, 0.5) is 17.6 Å². The van der Waals surface area contributed by atoms with Gasteiger partial charge in [0, 0.05) is 29.5 Å². The van der Waals surface area contributed by atoms with E-state index in [0.717, 1.165) is 29.5 Å². The van der Waals surface area contributed by atoms with Gasteiger partial charge in [0.15, 0.2) is 0 Å². The Labute approximate surface area is 227 Å². The van der Waals surface area contributed by atoms with E-state index in [4.69, 9.17) is 9.47 Å². The summed E-state index contributed by atoms with van der Waals surface area (Å²) in [5, 5.41) is 9.27. The molecule has 1 fully saturated rings. The zero-order valence-corrected chi connectivity index (χ0v) is 22.1. The van der Waals surface area contributed by atoms with Crippen LogP contribution in [0.15, 0.2) is 48.7 Å². The summed E-state index contributed by atoms with van der Waals surface area (Å²) in [6.07, 6.45) is -1.94. The Morgan fingerprint density at radius 1 is 1.10 bits per heavy atom. The van der Waals surface area contributed by atoms with Crippen molar-refractivity contribution in [1.82, 2.24) is 4.98 Å². The summed E-state index contributed by atoms with van der Waals surface area (Å²) >= 11 is 0. The molecule has 2 aliphatic carbocycles. The number of fused-ring (bicyclic) bond motifs is 3. The van der Waals surface area contributed by atoms with Crippen molar-refractivity contribution in [3.05, 3.63) is 76.7 Å². The quantitative estimate of drug-likeness (QED) is 0.258. The number of hydrogen-bond acceptors (Lipinski definition) is 6. The van der Waals surface area contributed by atoms with Gasteiger partial charge in [-0.1, -0.05) is 12.1 Å². The van der Waals surface area contributed by atoms with E-state index in [0.29, 0.717) is 12.2 Å². The molecule has 1 aromatic heterocycles. The second-order valence-electron chi connectivity index (χ2n) is 10.1. The van der Waals surface area contributed by atoms with Crippen molar-refractivity contribution in [3.8, 4) is 22.8 Å². The highest BCUT2D eigenvalue weighted by Gasteiger charge is 2.59. The Balaban J connectivity index is 1.30. The third-order valence-electron chi connectivity index (χ3n) is 7.21. The molecular weight excluding hydrogens is 554 g/mol. The summed E-state index contributed by atoms with van der Waals surface area (Å²) in [6, 6.07) is 10.1. The second-order valence-corrected chi connectivity index (χ2v) is 12.4. The first-order valence-corrected chi connectivity index (χ1v) is 14.5. The molecule has 0 saturated heterocycles. The van der Waals surface area contributed by atoms with Gasteiger partial charge in [-0.15, -0.1) is 0 Å². The van der Waals surface area contributed by atoms with Crippen LogP contribution in [0.2, 0.25) is 0 Å². The van der Waals surface area contributed by atoms with Crippen LogP contribution < -0.4 is 9.47 Å². The third-order valence-corrected chi connectivity index (χ3v) is 8.24. The molecule has 212 valence electrons. The zero-order chi connectivity index (χ0) is 28.8. The third kappa shape index (κ3) is 5.91. The number of sulfone groups is 1. The highest BCUT2D eigenvalue weighted by Crippen LogP contribution is 2.61. The van der Waals surface area contributed by atoms with Crippen molar-refractivity contribution in [2.75, 3.05) is 18.6 Å². The van der Waals surface area contributed by atoms with Crippen LogP contribution >= 0.6 is 0 Å². The first-order chi connectivity index (χ1) is 18.8. The highest BCUT2D eigenvalue weighted by molar-refractivity contribution is 7.90. The maximum atomic E-state index is 14.6. The molecule has 1 heterocycles. The minimum Gasteiger partial charge on any atom is -0.489 e. The minimum atomic E-state index is -4.79. The van der Waals surface area contributed by atoms with Crippen molar-refractivity contribution in [3.63, 3.8) is 0 Å². The van der Waals surface area contributed by atoms with Gasteiger partial charge in [0.1, 0.15) is 33.6 Å². The lowest BCUT2D eigenvalue weighted by Crippen LogP contribution is -2.13. The molecule has 0 spiro atoms. The molecule has 40 heavy (non-hydrogen) atoms. The van der Waals surface area contributed by atoms with Crippen molar-refractivity contribution in [2.24, 2.45) is 11.8 Å². The summed E-state index contributed by atoms with van der Waals surface area (Å²) in [4.78, 5) is 15.1. The Hall–Kier alpha value is -3.67. The summed E-state index contributed by atoms with van der Waals surface area (Å²) in [7, 11) is -3.28. The molecule has 2 aromatic carbocycles. The molecule has 5 rings (SSSR count). The smallest absolute Gasteiger partial charge is 0.421 e. The number of aromatic nitrogens is 1. The van der Waals surface area contributed by atoms with Crippen LogP contribution in [-0.2, 0) is 33.8 Å². The van der Waals surface area contributed by atoms with Gasteiger partial charge < -0.3 is 14.6 Å². The van der Waals surface area contributed by atoms with E-state index in [1.165, 1.54) is 18.3 Å². The fourth-order valence-corrected chi connectivity index (χ4v) is 5.90. The average Bonchev–Trinajstić information content (AvgIpc) is 3.47. The van der Waals surface area contributed by atoms with Crippen LogP contribution in [0.1, 0.15) is 34.6 Å². The fourth-order valence-electron chi connectivity index (χ4n) is 5.26. The standard InChI is InChI=1S/C28H25F4NO6S/c1-40(36,37)8-2-7-38-26-22(28(30,31)32)12-17(13-33-26)15-3-6-23(29)18(9-15)14-39-19-4-5-20-16(10-19)11-21-24(20)25(21)27(34)35/h3-6,9-10,12-13,21,24-25H,2,7-8,11,14H2,1H3,(H,34,35)/t21-,24+,25?/m1/s1. The number of rotatable bonds is 10. The Morgan fingerprint density at radius 2 is 1.88 bits per heavy atom. The van der Waals surface area contributed by atoms with Gasteiger partial charge in [0.25, 0.3) is 0 Å². The van der Waals surface area contributed by atoms with Gasteiger partial charge in [-0.25, -0.2) is 17.8 Å². The molecule has 0 aliphatic heterocycles. The van der Waals surface area contributed by atoms with Crippen LogP contribution in [0.25, 0.3) is 11.1 Å². The maximum absolute atomic E-state index is 14.6. The molecule has 3 atom stereocenters. The molecular formula is C28H25F4NO6S. The van der Waals surface area contributed by atoms with E-state index in [-0.39, 0.29) is 59.8 Å². The predicted molar refractivity (Wildman–Crippen MR) is 136 cm³/mol. The first kappa shape index (κ1) is 27.9. The Kier molecular flexibility index (Phi) is 7.24. The minimum absolute atomic E-state index is 0.00905. The molecule has 1 unspecified atom stereocenters. The van der Waals surface area contributed by atoms with Crippen molar-refractivity contribution >= 4 is 15.8 Å². The van der Waals surface area contributed by atoms with Crippen LogP contribution in [-0.4, -0.2) is 43.1 Å². The van der Waals surface area contributed by atoms with Gasteiger partial charge in [0.2, 0.25) is 5.88 Å².